The number of benzene rings is 1. The fourth-order valence-electron chi connectivity index (χ4n) is 2.76. The van der Waals surface area contributed by atoms with Gasteiger partial charge in [-0.2, -0.15) is 0 Å². The fraction of sp³-hybridized carbons (Fsp3) is 0.267. The molecule has 0 atom stereocenters. The molecular formula is C15H14N2S4. The van der Waals surface area contributed by atoms with Crippen LogP contribution in [0, 0.1) is 0 Å². The number of fused-ring (bicyclic) bond motifs is 2. The van der Waals surface area contributed by atoms with E-state index in [-0.39, 0.29) is 0 Å². The SMILES string of the molecule is CSC1=C(c2ccc(SC)c3ccsc23)N2CCN=C2S1. The highest BCUT2D eigenvalue weighted by Gasteiger charge is 2.33. The molecule has 1 aromatic carbocycles. The number of nitrogens with zero attached hydrogens (tertiary/aromatic N) is 2. The van der Waals surface area contributed by atoms with Crippen LogP contribution >= 0.6 is 46.6 Å². The van der Waals surface area contributed by atoms with Crippen LogP contribution in [0.3, 0.4) is 0 Å². The first-order chi connectivity index (χ1) is 10.3. The highest BCUT2D eigenvalue weighted by Crippen LogP contribution is 2.48. The Hall–Kier alpha value is -0.560. The summed E-state index contributed by atoms with van der Waals surface area (Å²) in [5.74, 6) is 0. The van der Waals surface area contributed by atoms with E-state index < -0.39 is 0 Å². The van der Waals surface area contributed by atoms with E-state index in [1.807, 2.05) is 46.6 Å². The van der Waals surface area contributed by atoms with Crippen molar-refractivity contribution >= 4 is 67.6 Å². The molecule has 0 fully saturated rings. The number of thiophene rings is 1. The molecule has 2 aliphatic rings. The molecular weight excluding hydrogens is 336 g/mol. The van der Waals surface area contributed by atoms with E-state index in [0.717, 1.165) is 13.1 Å². The van der Waals surface area contributed by atoms with Gasteiger partial charge in [0.2, 0.25) is 0 Å². The van der Waals surface area contributed by atoms with Gasteiger partial charge in [-0.15, -0.1) is 34.9 Å². The van der Waals surface area contributed by atoms with Gasteiger partial charge in [0.25, 0.3) is 0 Å². The van der Waals surface area contributed by atoms with Gasteiger partial charge < -0.3 is 4.90 Å². The van der Waals surface area contributed by atoms with Crippen molar-refractivity contribution in [3.63, 3.8) is 0 Å². The first-order valence-electron chi connectivity index (χ1n) is 6.66. The van der Waals surface area contributed by atoms with E-state index in [2.05, 4.69) is 46.0 Å². The average molecular weight is 351 g/mol. The summed E-state index contributed by atoms with van der Waals surface area (Å²) in [5, 5.41) is 4.76. The summed E-state index contributed by atoms with van der Waals surface area (Å²) in [6, 6.07) is 6.80. The Kier molecular flexibility index (Phi) is 3.73. The number of aliphatic imine (C=N–C) groups is 1. The number of thioether (sulfide) groups is 3. The second-order valence-corrected chi connectivity index (χ2v) is 8.55. The Morgan fingerprint density at radius 2 is 2.10 bits per heavy atom. The van der Waals surface area contributed by atoms with Gasteiger partial charge in [0.1, 0.15) is 0 Å². The summed E-state index contributed by atoms with van der Waals surface area (Å²) >= 11 is 7.32. The summed E-state index contributed by atoms with van der Waals surface area (Å²) in [7, 11) is 0. The first kappa shape index (κ1) is 14.1. The molecule has 0 saturated heterocycles. The molecule has 6 heteroatoms. The molecule has 3 heterocycles. The van der Waals surface area contributed by atoms with Crippen LogP contribution in [0.4, 0.5) is 0 Å². The normalized spacial score (nSPS) is 17.8. The van der Waals surface area contributed by atoms with Crippen LogP contribution < -0.4 is 0 Å². The molecule has 1 aromatic heterocycles. The Balaban J connectivity index is 1.93. The maximum absolute atomic E-state index is 4.62. The van der Waals surface area contributed by atoms with Crippen molar-refractivity contribution in [2.24, 2.45) is 4.99 Å². The Bertz CT molecular complexity index is 775. The zero-order valence-corrected chi connectivity index (χ0v) is 15.0. The Labute approximate surface area is 141 Å². The van der Waals surface area contributed by atoms with Crippen molar-refractivity contribution in [3.05, 3.63) is 33.4 Å². The quantitative estimate of drug-likeness (QED) is 0.721. The Morgan fingerprint density at radius 1 is 1.19 bits per heavy atom. The standard InChI is InChI=1S/C15H14N2S4/c1-18-11-4-3-10(13-9(11)5-8-20-13)12-14(19-2)21-15-16-6-7-17(12)15/h3-5,8H,6-7H2,1-2H3. The smallest absolute Gasteiger partial charge is 0.169 e. The number of amidine groups is 1. The van der Waals surface area contributed by atoms with Crippen molar-refractivity contribution in [1.29, 1.82) is 0 Å². The van der Waals surface area contributed by atoms with Crippen molar-refractivity contribution in [2.45, 2.75) is 4.90 Å². The molecule has 0 amide bonds. The number of hydrogen-bond acceptors (Lipinski definition) is 6. The lowest BCUT2D eigenvalue weighted by molar-refractivity contribution is 0.650. The molecule has 2 nitrogen and oxygen atoms in total. The minimum Gasteiger partial charge on any atom is -0.317 e. The second-order valence-electron chi connectivity index (χ2n) is 4.74. The fourth-order valence-corrected chi connectivity index (χ4v) is 6.25. The van der Waals surface area contributed by atoms with Crippen LogP contribution in [0.2, 0.25) is 0 Å². The van der Waals surface area contributed by atoms with Crippen LogP contribution in [-0.4, -0.2) is 35.7 Å². The lowest BCUT2D eigenvalue weighted by Crippen LogP contribution is -2.20. The maximum Gasteiger partial charge on any atom is 0.169 e. The molecule has 0 saturated carbocycles. The van der Waals surface area contributed by atoms with Crippen LogP contribution in [0.15, 0.2) is 37.7 Å². The summed E-state index contributed by atoms with van der Waals surface area (Å²) in [5.41, 5.74) is 2.73. The van der Waals surface area contributed by atoms with E-state index in [1.54, 1.807) is 0 Å². The molecule has 108 valence electrons. The van der Waals surface area contributed by atoms with E-state index in [4.69, 9.17) is 0 Å². The second kappa shape index (κ2) is 5.57. The van der Waals surface area contributed by atoms with Gasteiger partial charge >= 0.3 is 0 Å². The van der Waals surface area contributed by atoms with E-state index in [0.29, 0.717) is 0 Å². The molecule has 0 bridgehead atoms. The predicted octanol–water partition coefficient (Wildman–Crippen LogP) is 5.03. The van der Waals surface area contributed by atoms with Crippen LogP contribution in [0.25, 0.3) is 15.8 Å². The van der Waals surface area contributed by atoms with Crippen LogP contribution in [0.5, 0.6) is 0 Å². The largest absolute Gasteiger partial charge is 0.317 e. The molecule has 0 spiro atoms. The molecule has 2 aromatic rings. The monoisotopic (exact) mass is 350 g/mol. The van der Waals surface area contributed by atoms with Gasteiger partial charge in [0, 0.05) is 27.1 Å². The van der Waals surface area contributed by atoms with E-state index in [9.17, 15) is 0 Å². The molecule has 0 aliphatic carbocycles. The lowest BCUT2D eigenvalue weighted by Gasteiger charge is -2.18. The van der Waals surface area contributed by atoms with E-state index >= 15 is 0 Å². The van der Waals surface area contributed by atoms with Crippen molar-refractivity contribution < 1.29 is 0 Å². The minimum absolute atomic E-state index is 0.921. The number of rotatable bonds is 3. The minimum atomic E-state index is 0.921. The molecule has 0 unspecified atom stereocenters. The zero-order chi connectivity index (χ0) is 14.4. The van der Waals surface area contributed by atoms with Crippen molar-refractivity contribution in [3.8, 4) is 0 Å². The Morgan fingerprint density at radius 3 is 2.90 bits per heavy atom. The molecule has 21 heavy (non-hydrogen) atoms. The topological polar surface area (TPSA) is 15.6 Å². The van der Waals surface area contributed by atoms with Gasteiger partial charge in [0.05, 0.1) is 16.5 Å². The molecule has 0 N–H and O–H groups in total. The molecule has 4 rings (SSSR count). The van der Waals surface area contributed by atoms with Gasteiger partial charge in [-0.1, -0.05) is 6.07 Å². The third-order valence-corrected chi connectivity index (χ3v) is 7.65. The van der Waals surface area contributed by atoms with E-state index in [1.165, 1.54) is 35.6 Å². The average Bonchev–Trinajstić information content (AvgIpc) is 3.20. The summed E-state index contributed by atoms with van der Waals surface area (Å²) in [6.45, 7) is 1.93. The van der Waals surface area contributed by atoms with Gasteiger partial charge in [-0.3, -0.25) is 4.99 Å². The third-order valence-electron chi connectivity index (χ3n) is 3.69. The summed E-state index contributed by atoms with van der Waals surface area (Å²) in [4.78, 5) is 8.38. The highest BCUT2D eigenvalue weighted by molar-refractivity contribution is 8.30. The third kappa shape index (κ3) is 2.15. The predicted molar refractivity (Wildman–Crippen MR) is 101 cm³/mol. The molecule has 2 aliphatic heterocycles. The molecule has 0 radical (unpaired) electrons. The van der Waals surface area contributed by atoms with Gasteiger partial charge in [-0.05, 0) is 41.8 Å². The summed E-state index contributed by atoms with van der Waals surface area (Å²) in [6.07, 6.45) is 4.31. The van der Waals surface area contributed by atoms with Crippen molar-refractivity contribution in [1.82, 2.24) is 4.90 Å². The number of hydrogen-bond donors (Lipinski definition) is 0. The highest BCUT2D eigenvalue weighted by atomic mass is 32.2. The summed E-state index contributed by atoms with van der Waals surface area (Å²) < 4.78 is 2.78. The maximum atomic E-state index is 4.62. The lowest BCUT2D eigenvalue weighted by atomic mass is 10.1. The van der Waals surface area contributed by atoms with Crippen LogP contribution in [0.1, 0.15) is 5.56 Å². The van der Waals surface area contributed by atoms with Crippen molar-refractivity contribution in [2.75, 3.05) is 25.6 Å². The first-order valence-corrected chi connectivity index (χ1v) is 10.8. The zero-order valence-electron chi connectivity index (χ0n) is 11.8. The van der Waals surface area contributed by atoms with Crippen LogP contribution in [-0.2, 0) is 0 Å². The van der Waals surface area contributed by atoms with Gasteiger partial charge in [-0.25, -0.2) is 0 Å². The van der Waals surface area contributed by atoms with Gasteiger partial charge in [0.15, 0.2) is 5.17 Å².